The Balaban J connectivity index is 2.06. The first kappa shape index (κ1) is 14.9. The summed E-state index contributed by atoms with van der Waals surface area (Å²) >= 11 is 0. The summed E-state index contributed by atoms with van der Waals surface area (Å²) in [6.07, 6.45) is 3.69. The number of aromatic nitrogens is 2. The van der Waals surface area contributed by atoms with Crippen molar-refractivity contribution in [2.45, 2.75) is 26.2 Å². The summed E-state index contributed by atoms with van der Waals surface area (Å²) < 4.78 is 8.31. The zero-order chi connectivity index (χ0) is 16.9. The lowest BCUT2D eigenvalue weighted by Gasteiger charge is -2.36. The number of hydrogen-bond acceptors (Lipinski definition) is 2. The van der Waals surface area contributed by atoms with E-state index in [0.29, 0.717) is 0 Å². The third-order valence-electron chi connectivity index (χ3n) is 4.98. The van der Waals surface area contributed by atoms with E-state index < -0.39 is 0 Å². The largest absolute Gasteiger partial charge is 0.457 e. The van der Waals surface area contributed by atoms with Gasteiger partial charge in [0.2, 0.25) is 0 Å². The van der Waals surface area contributed by atoms with Crippen LogP contribution in [0.15, 0.2) is 55.0 Å². The average Bonchev–Trinajstić information content (AvgIpc) is 2.56. The highest BCUT2D eigenvalue weighted by Crippen LogP contribution is 2.51. The number of fused-ring (bicyclic) bond motifs is 2. The molecule has 3 aromatic rings. The first-order valence-corrected chi connectivity index (χ1v) is 8.21. The lowest BCUT2D eigenvalue weighted by atomic mass is 9.72. The maximum absolute atomic E-state index is 6.25. The fraction of sp³-hybridized carbons (Fsp3) is 0.238. The molecule has 3 heteroatoms. The fourth-order valence-electron chi connectivity index (χ4n) is 3.74. The lowest BCUT2D eigenvalue weighted by Crippen LogP contribution is -2.33. The van der Waals surface area contributed by atoms with E-state index in [1.165, 1.54) is 22.3 Å². The molecule has 2 aromatic carbocycles. The molecule has 0 amide bonds. The first-order valence-electron chi connectivity index (χ1n) is 8.21. The second-order valence-electron chi connectivity index (χ2n) is 6.93. The summed E-state index contributed by atoms with van der Waals surface area (Å²) in [6, 6.07) is 14.6. The van der Waals surface area contributed by atoms with Gasteiger partial charge in [0, 0.05) is 28.2 Å². The van der Waals surface area contributed by atoms with Gasteiger partial charge in [-0.1, -0.05) is 43.1 Å². The second-order valence-corrected chi connectivity index (χ2v) is 6.93. The highest BCUT2D eigenvalue weighted by atomic mass is 16.5. The third-order valence-corrected chi connectivity index (χ3v) is 4.98. The van der Waals surface area contributed by atoms with Crippen molar-refractivity contribution in [2.24, 2.45) is 7.05 Å². The highest BCUT2D eigenvalue weighted by Gasteiger charge is 2.37. The van der Waals surface area contributed by atoms with Crippen LogP contribution in [0.3, 0.4) is 0 Å². The van der Waals surface area contributed by atoms with Gasteiger partial charge in [-0.2, -0.15) is 0 Å². The molecule has 0 atom stereocenters. The van der Waals surface area contributed by atoms with Crippen LogP contribution in [0.1, 0.15) is 30.5 Å². The molecule has 0 saturated heterocycles. The van der Waals surface area contributed by atoms with Gasteiger partial charge in [-0.3, -0.25) is 0 Å². The van der Waals surface area contributed by atoms with Crippen LogP contribution in [-0.2, 0) is 12.5 Å². The predicted octanol–water partition coefficient (Wildman–Crippen LogP) is 4.31. The van der Waals surface area contributed by atoms with Gasteiger partial charge in [-0.25, -0.2) is 4.57 Å². The quantitative estimate of drug-likeness (QED) is 0.625. The molecule has 0 unspecified atom stereocenters. The van der Waals surface area contributed by atoms with Crippen LogP contribution in [0.25, 0.3) is 11.3 Å². The van der Waals surface area contributed by atoms with Crippen molar-refractivity contribution >= 4 is 0 Å². The number of rotatable bonds is 1. The Morgan fingerprint density at radius 3 is 2.58 bits per heavy atom. The molecule has 0 N–H and O–H groups in total. The van der Waals surface area contributed by atoms with Crippen LogP contribution in [0.5, 0.6) is 11.5 Å². The third kappa shape index (κ3) is 2.04. The molecule has 1 aliphatic rings. The van der Waals surface area contributed by atoms with Gasteiger partial charge >= 0.3 is 0 Å². The van der Waals surface area contributed by atoms with Gasteiger partial charge in [0.15, 0.2) is 0 Å². The molecule has 120 valence electrons. The van der Waals surface area contributed by atoms with Crippen LogP contribution in [0.2, 0.25) is 0 Å². The van der Waals surface area contributed by atoms with E-state index in [4.69, 9.17) is 4.74 Å². The van der Waals surface area contributed by atoms with Crippen LogP contribution in [-0.4, -0.2) is 4.98 Å². The van der Waals surface area contributed by atoms with Gasteiger partial charge < -0.3 is 4.74 Å². The number of aryl methyl sites for hydroxylation is 2. The van der Waals surface area contributed by atoms with E-state index >= 15 is 0 Å². The van der Waals surface area contributed by atoms with Crippen LogP contribution in [0.4, 0.5) is 0 Å². The molecule has 4 rings (SSSR count). The summed E-state index contributed by atoms with van der Waals surface area (Å²) in [6.45, 7) is 6.71. The standard InChI is InChI=1S/C21H21N2O/c1-14-9-10-18-20(19(14)16-11-12-22-13-23(16)4)21(2,3)15-7-5-6-8-17(15)24-18/h5-13H,1-4H3/q+1. The topological polar surface area (TPSA) is 26.0 Å². The first-order chi connectivity index (χ1) is 11.5. The summed E-state index contributed by atoms with van der Waals surface area (Å²) in [4.78, 5) is 4.22. The normalized spacial score (nSPS) is 14.5. The number of hydrogen-bond donors (Lipinski definition) is 0. The van der Waals surface area contributed by atoms with Gasteiger partial charge in [-0.15, -0.1) is 0 Å². The minimum absolute atomic E-state index is 0.137. The summed E-state index contributed by atoms with van der Waals surface area (Å²) in [5.41, 5.74) is 5.95. The monoisotopic (exact) mass is 317 g/mol. The number of para-hydroxylation sites is 1. The van der Waals surface area contributed by atoms with Crippen molar-refractivity contribution < 1.29 is 9.30 Å². The Morgan fingerprint density at radius 2 is 1.79 bits per heavy atom. The molecular formula is C21H21N2O+. The van der Waals surface area contributed by atoms with Crippen molar-refractivity contribution in [1.82, 2.24) is 4.98 Å². The minimum atomic E-state index is -0.137. The number of nitrogens with zero attached hydrogens (tertiary/aromatic N) is 2. The molecule has 2 heterocycles. The smallest absolute Gasteiger partial charge is 0.286 e. The molecule has 0 fully saturated rings. The molecule has 0 spiro atoms. The Hall–Kier alpha value is -2.68. The second kappa shape index (κ2) is 5.17. The van der Waals surface area contributed by atoms with Crippen LogP contribution in [0, 0.1) is 6.92 Å². The van der Waals surface area contributed by atoms with Crippen LogP contribution >= 0.6 is 0 Å². The molecule has 0 saturated carbocycles. The van der Waals surface area contributed by atoms with Crippen molar-refractivity contribution in [1.29, 1.82) is 0 Å². The molecule has 24 heavy (non-hydrogen) atoms. The van der Waals surface area contributed by atoms with Crippen molar-refractivity contribution in [3.8, 4) is 22.8 Å². The van der Waals surface area contributed by atoms with Gasteiger partial charge in [0.05, 0.1) is 7.05 Å². The lowest BCUT2D eigenvalue weighted by molar-refractivity contribution is -0.663. The van der Waals surface area contributed by atoms with Crippen molar-refractivity contribution in [2.75, 3.05) is 0 Å². The SMILES string of the molecule is Cc1ccc2c(c1-c1ccnc[n+]1C)C(C)(C)c1ccccc1O2. The predicted molar refractivity (Wildman–Crippen MR) is 94.2 cm³/mol. The molecule has 1 aliphatic heterocycles. The van der Waals surface area contributed by atoms with Crippen molar-refractivity contribution in [3.05, 3.63) is 71.7 Å². The molecule has 0 bridgehead atoms. The number of benzene rings is 2. The highest BCUT2D eigenvalue weighted by molar-refractivity contribution is 5.74. The molecule has 0 radical (unpaired) electrons. The summed E-state index contributed by atoms with van der Waals surface area (Å²) in [7, 11) is 2.03. The van der Waals surface area contributed by atoms with Crippen molar-refractivity contribution in [3.63, 3.8) is 0 Å². The maximum atomic E-state index is 6.25. The van der Waals surface area contributed by atoms with Gasteiger partial charge in [-0.05, 0) is 24.6 Å². The molecule has 1 aromatic heterocycles. The minimum Gasteiger partial charge on any atom is -0.457 e. The number of ether oxygens (including phenoxy) is 1. The van der Waals surface area contributed by atoms with Gasteiger partial charge in [0.1, 0.15) is 23.4 Å². The zero-order valence-corrected chi connectivity index (χ0v) is 14.5. The molecular weight excluding hydrogens is 296 g/mol. The Bertz CT molecular complexity index is 944. The van der Waals surface area contributed by atoms with E-state index in [1.54, 1.807) is 0 Å². The Kier molecular flexibility index (Phi) is 3.20. The zero-order valence-electron chi connectivity index (χ0n) is 14.5. The molecule has 3 nitrogen and oxygen atoms in total. The summed E-state index contributed by atoms with van der Waals surface area (Å²) in [5.74, 6) is 1.89. The summed E-state index contributed by atoms with van der Waals surface area (Å²) in [5, 5.41) is 0. The van der Waals surface area contributed by atoms with Gasteiger partial charge in [0.25, 0.3) is 6.33 Å². The Morgan fingerprint density at radius 1 is 1.00 bits per heavy atom. The fourth-order valence-corrected chi connectivity index (χ4v) is 3.74. The van der Waals surface area contributed by atoms with E-state index in [9.17, 15) is 0 Å². The maximum Gasteiger partial charge on any atom is 0.286 e. The van der Waals surface area contributed by atoms with E-state index in [2.05, 4.69) is 60.7 Å². The van der Waals surface area contributed by atoms with E-state index in [1.807, 2.05) is 31.7 Å². The molecule has 0 aliphatic carbocycles. The van der Waals surface area contributed by atoms with E-state index in [0.717, 1.165) is 17.2 Å². The van der Waals surface area contributed by atoms with Crippen LogP contribution < -0.4 is 9.30 Å². The Labute approximate surface area is 142 Å². The van der Waals surface area contributed by atoms with E-state index in [-0.39, 0.29) is 5.41 Å². The average molecular weight is 317 g/mol.